The van der Waals surface area contributed by atoms with Crippen LogP contribution in [0.2, 0.25) is 0 Å². The second-order valence-corrected chi connectivity index (χ2v) is 7.00. The van der Waals surface area contributed by atoms with Gasteiger partial charge in [-0.05, 0) is 38.1 Å². The number of carbonyl (C=O) groups is 3. The Balaban J connectivity index is 1.49. The number of nitrogens with zero attached hydrogens (tertiary/aromatic N) is 1. The summed E-state index contributed by atoms with van der Waals surface area (Å²) in [5.74, 6) is -0.729. The number of rotatable bonds is 6. The van der Waals surface area contributed by atoms with E-state index < -0.39 is 11.4 Å². The first-order chi connectivity index (χ1) is 13.4. The highest BCUT2D eigenvalue weighted by Gasteiger charge is 2.33. The summed E-state index contributed by atoms with van der Waals surface area (Å²) in [6.45, 7) is 4.74. The molecule has 1 aromatic rings. The van der Waals surface area contributed by atoms with E-state index in [1.54, 1.807) is 44.2 Å². The molecule has 0 aromatic heterocycles. The van der Waals surface area contributed by atoms with Crippen LogP contribution in [0, 0.1) is 5.41 Å². The highest BCUT2D eigenvalue weighted by atomic mass is 16.5. The second kappa shape index (κ2) is 8.21. The summed E-state index contributed by atoms with van der Waals surface area (Å²) in [6, 6.07) is 6.96. The van der Waals surface area contributed by atoms with Crippen molar-refractivity contribution in [1.82, 2.24) is 5.32 Å². The van der Waals surface area contributed by atoms with Crippen LogP contribution in [0.5, 0.6) is 0 Å². The van der Waals surface area contributed by atoms with E-state index in [9.17, 15) is 14.4 Å². The fraction of sp³-hybridized carbons (Fsp3) is 0.333. The predicted molar refractivity (Wildman–Crippen MR) is 103 cm³/mol. The van der Waals surface area contributed by atoms with Gasteiger partial charge in [0.15, 0.2) is 5.78 Å². The molecule has 1 heterocycles. The molecule has 1 aliphatic heterocycles. The third-order valence-corrected chi connectivity index (χ3v) is 4.40. The van der Waals surface area contributed by atoms with Gasteiger partial charge < -0.3 is 14.8 Å². The van der Waals surface area contributed by atoms with E-state index in [0.717, 1.165) is 5.56 Å². The first kappa shape index (κ1) is 19.5. The summed E-state index contributed by atoms with van der Waals surface area (Å²) in [4.78, 5) is 40.9. The standard InChI is InChI=1S/C21H22N2O5/c1-21(2)8-4-7-16(17(21)24)20(26)28-12-9-22-18(25)14-5-3-6-15(13-14)19-23-10-11-27-19/h3-8,13H,9-12H2,1-2H3,(H,22,25). The third-order valence-electron chi connectivity index (χ3n) is 4.40. The molecule has 28 heavy (non-hydrogen) atoms. The van der Waals surface area contributed by atoms with Crippen molar-refractivity contribution in [3.63, 3.8) is 0 Å². The molecule has 2 aliphatic rings. The molecule has 0 fully saturated rings. The molecule has 146 valence electrons. The van der Waals surface area contributed by atoms with Gasteiger partial charge in [-0.3, -0.25) is 9.59 Å². The summed E-state index contributed by atoms with van der Waals surface area (Å²) in [5, 5.41) is 2.69. The number of allylic oxidation sites excluding steroid dienone is 3. The number of nitrogens with one attached hydrogen (secondary N) is 1. The lowest BCUT2D eigenvalue weighted by atomic mass is 9.81. The maximum atomic E-state index is 12.3. The Labute approximate surface area is 163 Å². The van der Waals surface area contributed by atoms with Crippen molar-refractivity contribution in [3.8, 4) is 0 Å². The molecule has 0 saturated carbocycles. The number of ketones is 1. The number of aliphatic imine (C=N–C) groups is 1. The topological polar surface area (TPSA) is 94.1 Å². The zero-order valence-corrected chi connectivity index (χ0v) is 15.9. The minimum Gasteiger partial charge on any atom is -0.476 e. The second-order valence-electron chi connectivity index (χ2n) is 7.00. The highest BCUT2D eigenvalue weighted by Crippen LogP contribution is 2.27. The number of amides is 1. The predicted octanol–water partition coefficient (Wildman–Crippen LogP) is 1.83. The monoisotopic (exact) mass is 382 g/mol. The van der Waals surface area contributed by atoms with Crippen molar-refractivity contribution in [1.29, 1.82) is 0 Å². The van der Waals surface area contributed by atoms with E-state index in [2.05, 4.69) is 10.3 Å². The Hall–Kier alpha value is -3.22. The highest BCUT2D eigenvalue weighted by molar-refractivity contribution is 6.20. The normalized spacial score (nSPS) is 17.4. The molecule has 1 N–H and O–H groups in total. The molecule has 0 atom stereocenters. The van der Waals surface area contributed by atoms with Crippen molar-refractivity contribution in [2.24, 2.45) is 10.4 Å². The summed E-state index contributed by atoms with van der Waals surface area (Å²) >= 11 is 0. The third kappa shape index (κ3) is 4.36. The number of benzene rings is 1. The zero-order valence-electron chi connectivity index (χ0n) is 15.9. The Kier molecular flexibility index (Phi) is 5.73. The lowest BCUT2D eigenvalue weighted by Gasteiger charge is -2.22. The molecule has 7 nitrogen and oxygen atoms in total. The van der Waals surface area contributed by atoms with Gasteiger partial charge in [-0.15, -0.1) is 0 Å². The smallest absolute Gasteiger partial charge is 0.341 e. The molecule has 1 amide bonds. The number of Topliss-reactive ketones (excluding diaryl/α,β-unsaturated/α-hetero) is 1. The van der Waals surface area contributed by atoms with Crippen molar-refractivity contribution in [2.45, 2.75) is 13.8 Å². The number of ether oxygens (including phenoxy) is 2. The summed E-state index contributed by atoms with van der Waals surface area (Å²) in [5.41, 5.74) is 0.494. The Morgan fingerprint density at radius 1 is 1.32 bits per heavy atom. The van der Waals surface area contributed by atoms with Gasteiger partial charge in [-0.2, -0.15) is 0 Å². The lowest BCUT2D eigenvalue weighted by molar-refractivity contribution is -0.141. The van der Waals surface area contributed by atoms with Crippen molar-refractivity contribution >= 4 is 23.6 Å². The number of carbonyl (C=O) groups excluding carboxylic acids is 3. The van der Waals surface area contributed by atoms with Crippen molar-refractivity contribution < 1.29 is 23.9 Å². The average Bonchev–Trinajstić information content (AvgIpc) is 3.22. The SMILES string of the molecule is CC1(C)C=CC=C(C(=O)OCCNC(=O)c2cccc(C3=NCCO3)c2)C1=O. The molecule has 0 bridgehead atoms. The minimum atomic E-state index is -0.727. The van der Waals surface area contributed by atoms with Gasteiger partial charge in [0.05, 0.1) is 13.1 Å². The van der Waals surface area contributed by atoms with Gasteiger partial charge in [0, 0.05) is 16.5 Å². The van der Waals surface area contributed by atoms with Crippen LogP contribution in [0.4, 0.5) is 0 Å². The van der Waals surface area contributed by atoms with Gasteiger partial charge in [0.25, 0.3) is 5.91 Å². The molecule has 0 unspecified atom stereocenters. The van der Waals surface area contributed by atoms with Crippen LogP contribution >= 0.6 is 0 Å². The fourth-order valence-corrected chi connectivity index (χ4v) is 2.84. The summed E-state index contributed by atoms with van der Waals surface area (Å²) in [6.07, 6.45) is 4.86. The number of hydrogen-bond donors (Lipinski definition) is 1. The van der Waals surface area contributed by atoms with E-state index in [1.165, 1.54) is 6.08 Å². The van der Waals surface area contributed by atoms with Gasteiger partial charge >= 0.3 is 5.97 Å². The van der Waals surface area contributed by atoms with Crippen LogP contribution < -0.4 is 5.32 Å². The molecule has 1 aliphatic carbocycles. The first-order valence-electron chi connectivity index (χ1n) is 9.06. The van der Waals surface area contributed by atoms with Crippen molar-refractivity contribution in [3.05, 3.63) is 59.2 Å². The van der Waals surface area contributed by atoms with Gasteiger partial charge in [0.2, 0.25) is 5.90 Å². The van der Waals surface area contributed by atoms with Crippen LogP contribution in [0.1, 0.15) is 29.8 Å². The van der Waals surface area contributed by atoms with Crippen molar-refractivity contribution in [2.75, 3.05) is 26.3 Å². The van der Waals surface area contributed by atoms with E-state index in [1.807, 2.05) is 6.07 Å². The van der Waals surface area contributed by atoms with Crippen LogP contribution in [0.3, 0.4) is 0 Å². The van der Waals surface area contributed by atoms with Crippen LogP contribution in [0.25, 0.3) is 0 Å². The van der Waals surface area contributed by atoms with Gasteiger partial charge in [-0.1, -0.05) is 18.2 Å². The maximum absolute atomic E-state index is 12.3. The first-order valence-corrected chi connectivity index (χ1v) is 9.06. The molecular formula is C21H22N2O5. The van der Waals surface area contributed by atoms with Crippen LogP contribution in [0.15, 0.2) is 53.1 Å². The molecule has 3 rings (SSSR count). The Morgan fingerprint density at radius 2 is 2.14 bits per heavy atom. The summed E-state index contributed by atoms with van der Waals surface area (Å²) < 4.78 is 10.5. The molecular weight excluding hydrogens is 360 g/mol. The maximum Gasteiger partial charge on any atom is 0.341 e. The van der Waals surface area contributed by atoms with E-state index >= 15 is 0 Å². The van der Waals surface area contributed by atoms with Gasteiger partial charge in [-0.25, -0.2) is 9.79 Å². The summed E-state index contributed by atoms with van der Waals surface area (Å²) in [7, 11) is 0. The van der Waals surface area contributed by atoms with Crippen LogP contribution in [-0.4, -0.2) is 49.9 Å². The molecule has 7 heteroatoms. The average molecular weight is 382 g/mol. The fourth-order valence-electron chi connectivity index (χ4n) is 2.84. The minimum absolute atomic E-state index is 0.0175. The molecule has 0 saturated heterocycles. The van der Waals surface area contributed by atoms with E-state index in [4.69, 9.17) is 9.47 Å². The number of esters is 1. The lowest BCUT2D eigenvalue weighted by Crippen LogP contribution is -2.32. The molecule has 1 aromatic carbocycles. The van der Waals surface area contributed by atoms with E-state index in [-0.39, 0.29) is 30.4 Å². The number of hydrogen-bond acceptors (Lipinski definition) is 6. The largest absolute Gasteiger partial charge is 0.476 e. The Morgan fingerprint density at radius 3 is 2.89 bits per heavy atom. The van der Waals surface area contributed by atoms with E-state index in [0.29, 0.717) is 24.6 Å². The Bertz CT molecular complexity index is 896. The van der Waals surface area contributed by atoms with Gasteiger partial charge in [0.1, 0.15) is 18.8 Å². The zero-order chi connectivity index (χ0) is 20.1. The van der Waals surface area contributed by atoms with Crippen LogP contribution in [-0.2, 0) is 19.1 Å². The quantitative estimate of drug-likeness (QED) is 0.460. The molecule has 0 spiro atoms. The molecule has 0 radical (unpaired) electrons.